The summed E-state index contributed by atoms with van der Waals surface area (Å²) >= 11 is 0. The van der Waals surface area contributed by atoms with E-state index in [4.69, 9.17) is 22.9 Å². The first-order valence-corrected chi connectivity index (χ1v) is 18.5. The van der Waals surface area contributed by atoms with Crippen molar-refractivity contribution >= 4 is 0 Å². The third-order valence-corrected chi connectivity index (χ3v) is 10.3. The minimum Gasteiger partial charge on any atom is -0.333 e. The van der Waals surface area contributed by atoms with Crippen molar-refractivity contribution in [2.24, 2.45) is 86.3 Å². The normalized spacial score (nSPS) is 30.4. The van der Waals surface area contributed by atoms with Crippen LogP contribution in [0.4, 0.5) is 0 Å². The van der Waals surface area contributed by atoms with Crippen molar-refractivity contribution in [3.05, 3.63) is 0 Å². The molecule has 5 aliphatic carbocycles. The molecule has 0 aromatic heterocycles. The second kappa shape index (κ2) is 27.8. The fraction of sp³-hybridized carbons (Fsp3) is 1.00. The molecule has 0 saturated heterocycles. The van der Waals surface area contributed by atoms with Crippen LogP contribution in [0.2, 0.25) is 0 Å². The van der Waals surface area contributed by atoms with Gasteiger partial charge in [-0.3, -0.25) is 0 Å². The van der Waals surface area contributed by atoms with Gasteiger partial charge in [0.15, 0.2) is 0 Å². The fourth-order valence-corrected chi connectivity index (χ4v) is 8.85. The number of fused-ring (bicyclic) bond motifs is 2. The summed E-state index contributed by atoms with van der Waals surface area (Å²) < 4.78 is 0. The second-order valence-electron chi connectivity index (χ2n) is 15.1. The largest absolute Gasteiger partial charge is 0.333 e. The molecule has 0 amide bonds. The van der Waals surface area contributed by atoms with Gasteiger partial charge in [0.1, 0.15) is 0 Å². The van der Waals surface area contributed by atoms with E-state index in [1.165, 1.54) is 84.7 Å². The zero-order valence-corrected chi connectivity index (χ0v) is 30.6. The Labute approximate surface area is 275 Å². The molecular formula is C36H84N8. The fourth-order valence-electron chi connectivity index (χ4n) is 8.85. The number of nitrogens with two attached hydrogens (primary N) is 8. The molecule has 0 aromatic rings. The lowest BCUT2D eigenvalue weighted by Gasteiger charge is -2.45. The van der Waals surface area contributed by atoms with Gasteiger partial charge in [0, 0.05) is 12.7 Å². The highest BCUT2D eigenvalue weighted by atomic mass is 14.7. The van der Waals surface area contributed by atoms with Crippen LogP contribution in [0.3, 0.4) is 0 Å². The van der Waals surface area contributed by atoms with E-state index in [0.29, 0.717) is 11.5 Å². The number of rotatable bonds is 4. The van der Waals surface area contributed by atoms with Gasteiger partial charge >= 0.3 is 0 Å². The molecule has 5 rings (SSSR count). The maximum Gasteiger partial charge on any atom is 0.0403 e. The molecule has 5 aliphatic rings. The summed E-state index contributed by atoms with van der Waals surface area (Å²) in [6.45, 7) is 11.5. The summed E-state index contributed by atoms with van der Waals surface area (Å²) in [7, 11) is 3.00. The maximum atomic E-state index is 6.01. The van der Waals surface area contributed by atoms with E-state index < -0.39 is 0 Å². The summed E-state index contributed by atoms with van der Waals surface area (Å²) in [6.07, 6.45) is 26.3. The maximum absolute atomic E-state index is 6.01. The van der Waals surface area contributed by atoms with Crippen LogP contribution in [0.5, 0.6) is 0 Å². The van der Waals surface area contributed by atoms with Crippen LogP contribution in [0.25, 0.3) is 0 Å². The average molecular weight is 629 g/mol. The molecular weight excluding hydrogens is 544 g/mol. The van der Waals surface area contributed by atoms with E-state index in [0.717, 1.165) is 62.1 Å². The van der Waals surface area contributed by atoms with Crippen molar-refractivity contribution in [3.63, 3.8) is 0 Å². The van der Waals surface area contributed by atoms with E-state index in [9.17, 15) is 0 Å². The topological polar surface area (TPSA) is 208 Å². The van der Waals surface area contributed by atoms with Gasteiger partial charge in [-0.05, 0) is 119 Å². The Kier molecular flexibility index (Phi) is 28.9. The van der Waals surface area contributed by atoms with Gasteiger partial charge in [-0.25, -0.2) is 0 Å². The van der Waals surface area contributed by atoms with Crippen LogP contribution >= 0.6 is 0 Å². The quantitative estimate of drug-likeness (QED) is 0.189. The summed E-state index contributed by atoms with van der Waals surface area (Å²) in [5, 5.41) is 0. The molecule has 5 saturated carbocycles. The number of hydrogen-bond acceptors (Lipinski definition) is 8. The predicted molar refractivity (Wildman–Crippen MR) is 197 cm³/mol. The lowest BCUT2D eigenvalue weighted by Crippen LogP contribution is -2.45. The van der Waals surface area contributed by atoms with Crippen molar-refractivity contribution in [1.82, 2.24) is 0 Å². The molecule has 16 N–H and O–H groups in total. The van der Waals surface area contributed by atoms with Crippen LogP contribution in [0, 0.1) is 40.4 Å². The first kappa shape index (κ1) is 45.8. The third kappa shape index (κ3) is 20.7. The SMILES string of the molecule is C1CCC(CC2CCCCC2)CC1.CC1(C)CC(N)CC(C)(CN)C1.CCN.CN.CN.NCC1CC2CCC1C2.NCN. The standard InChI is InChI=1S/C13H24.C10H22N2.C8H15N.C2H7N.CH6N2.2CH5N/c1-3-7-12(8-4-1)11-13-9-5-2-6-10-13;1-9(2)4-8(12)5-10(3,6-9)7-11;9-5-8-4-6-1-2-7(8)3-6;1-2-3;2-1-3;2*1-2/h12-13H,1-11H2;8H,4-7,11-12H2,1-3H3;6-8H,1-5,9H2;2-3H2,1H3;1-3H2;2*2H2,1H3. The van der Waals surface area contributed by atoms with Gasteiger partial charge < -0.3 is 45.9 Å². The molecule has 44 heavy (non-hydrogen) atoms. The average Bonchev–Trinajstić information content (AvgIpc) is 3.65. The minimum atomic E-state index is 0.250. The molecule has 0 aromatic carbocycles. The monoisotopic (exact) mass is 629 g/mol. The van der Waals surface area contributed by atoms with E-state index in [1.807, 2.05) is 6.92 Å². The minimum absolute atomic E-state index is 0.250. The predicted octanol–water partition coefficient (Wildman–Crippen LogP) is 5.38. The van der Waals surface area contributed by atoms with Crippen LogP contribution in [-0.4, -0.2) is 46.4 Å². The molecule has 0 spiro atoms. The molecule has 5 fully saturated rings. The summed E-state index contributed by atoms with van der Waals surface area (Å²) in [5.41, 5.74) is 41.1. The lowest BCUT2D eigenvalue weighted by atomic mass is 9.63. The molecule has 2 bridgehead atoms. The van der Waals surface area contributed by atoms with Crippen molar-refractivity contribution in [2.75, 3.05) is 40.4 Å². The Bertz CT molecular complexity index is 589. The van der Waals surface area contributed by atoms with Crippen LogP contribution in [0.1, 0.15) is 143 Å². The molecule has 268 valence electrons. The van der Waals surface area contributed by atoms with Crippen LogP contribution in [-0.2, 0) is 0 Å². The molecule has 0 heterocycles. The zero-order chi connectivity index (χ0) is 34.0. The highest BCUT2D eigenvalue weighted by Gasteiger charge is 2.39. The molecule has 8 nitrogen and oxygen atoms in total. The molecule has 5 atom stereocenters. The van der Waals surface area contributed by atoms with Gasteiger partial charge in [-0.15, -0.1) is 0 Å². The second-order valence-corrected chi connectivity index (χ2v) is 15.1. The molecule has 5 unspecified atom stereocenters. The van der Waals surface area contributed by atoms with Gasteiger partial charge in [-0.2, -0.15) is 0 Å². The highest BCUT2D eigenvalue weighted by Crippen LogP contribution is 2.47. The third-order valence-electron chi connectivity index (χ3n) is 10.3. The Hall–Kier alpha value is -0.320. The van der Waals surface area contributed by atoms with Crippen LogP contribution < -0.4 is 45.9 Å². The first-order valence-electron chi connectivity index (χ1n) is 18.5. The molecule has 0 aliphatic heterocycles. The van der Waals surface area contributed by atoms with E-state index in [2.05, 4.69) is 43.7 Å². The smallest absolute Gasteiger partial charge is 0.0403 e. The van der Waals surface area contributed by atoms with Gasteiger partial charge in [-0.1, -0.05) is 98.3 Å². The molecule has 0 radical (unpaired) electrons. The van der Waals surface area contributed by atoms with E-state index >= 15 is 0 Å². The van der Waals surface area contributed by atoms with Gasteiger partial charge in [0.25, 0.3) is 0 Å². The lowest BCUT2D eigenvalue weighted by molar-refractivity contribution is 0.0904. The van der Waals surface area contributed by atoms with Crippen molar-refractivity contribution < 1.29 is 0 Å². The Morgan fingerprint density at radius 1 is 0.636 bits per heavy atom. The van der Waals surface area contributed by atoms with Crippen molar-refractivity contribution in [2.45, 2.75) is 149 Å². The summed E-state index contributed by atoms with van der Waals surface area (Å²) in [4.78, 5) is 0. The summed E-state index contributed by atoms with van der Waals surface area (Å²) in [5.74, 6) is 5.25. The van der Waals surface area contributed by atoms with Crippen molar-refractivity contribution in [1.29, 1.82) is 0 Å². The van der Waals surface area contributed by atoms with Crippen molar-refractivity contribution in [3.8, 4) is 0 Å². The van der Waals surface area contributed by atoms with Crippen LogP contribution in [0.15, 0.2) is 0 Å². The Balaban J connectivity index is 0. The van der Waals surface area contributed by atoms with Gasteiger partial charge in [0.2, 0.25) is 0 Å². The first-order chi connectivity index (χ1) is 21.0. The Morgan fingerprint density at radius 2 is 1.09 bits per heavy atom. The zero-order valence-electron chi connectivity index (χ0n) is 30.6. The van der Waals surface area contributed by atoms with E-state index in [1.54, 1.807) is 32.1 Å². The molecule has 8 heteroatoms. The number of hydrogen-bond donors (Lipinski definition) is 8. The summed E-state index contributed by atoms with van der Waals surface area (Å²) in [6, 6.07) is 0.349. The van der Waals surface area contributed by atoms with Gasteiger partial charge in [0.05, 0.1) is 0 Å². The highest BCUT2D eigenvalue weighted by molar-refractivity contribution is 4.93. The van der Waals surface area contributed by atoms with E-state index in [-0.39, 0.29) is 12.1 Å². The Morgan fingerprint density at radius 3 is 1.39 bits per heavy atom.